The molecule has 4 heterocycles. The Labute approximate surface area is 180 Å². The molecular formula is C22H26N6O3. The Morgan fingerprint density at radius 1 is 1.23 bits per heavy atom. The van der Waals surface area contributed by atoms with Crippen molar-refractivity contribution in [3.63, 3.8) is 0 Å². The van der Waals surface area contributed by atoms with Crippen LogP contribution in [-0.4, -0.2) is 62.2 Å². The zero-order valence-electron chi connectivity index (χ0n) is 17.9. The summed E-state index contributed by atoms with van der Waals surface area (Å²) in [5.74, 6) is 1.39. The van der Waals surface area contributed by atoms with Crippen LogP contribution in [0.25, 0.3) is 11.3 Å². The Kier molecular flexibility index (Phi) is 5.05. The maximum atomic E-state index is 13.1. The molecule has 2 fully saturated rings. The van der Waals surface area contributed by atoms with Crippen LogP contribution in [0, 0.1) is 25.7 Å². The minimum Gasteiger partial charge on any atom is -0.379 e. The number of carbonyl (C=O) groups excluding carboxylic acids is 1. The molecule has 0 N–H and O–H groups in total. The predicted octanol–water partition coefficient (Wildman–Crippen LogP) is 2.68. The first-order chi connectivity index (χ1) is 15.0. The molecule has 3 aromatic rings. The van der Waals surface area contributed by atoms with E-state index in [4.69, 9.17) is 9.26 Å². The number of methoxy groups -OCH3 is 1. The number of hydrogen-bond acceptors (Lipinski definition) is 7. The van der Waals surface area contributed by atoms with Gasteiger partial charge in [-0.1, -0.05) is 10.4 Å². The van der Waals surface area contributed by atoms with Gasteiger partial charge in [0, 0.05) is 38.2 Å². The summed E-state index contributed by atoms with van der Waals surface area (Å²) in [5, 5.41) is 12.7. The summed E-state index contributed by atoms with van der Waals surface area (Å²) in [6.07, 6.45) is 7.30. The molecule has 162 valence electrons. The normalized spacial score (nSPS) is 25.6. The lowest BCUT2D eigenvalue weighted by Crippen LogP contribution is -2.37. The summed E-state index contributed by atoms with van der Waals surface area (Å²) in [6.45, 7) is 5.06. The van der Waals surface area contributed by atoms with Crippen LogP contribution in [0.1, 0.15) is 40.7 Å². The number of carbonyl (C=O) groups is 1. The van der Waals surface area contributed by atoms with E-state index in [1.165, 1.54) is 0 Å². The molecule has 0 aromatic carbocycles. The number of ether oxygens (including phenoxy) is 1. The van der Waals surface area contributed by atoms with Gasteiger partial charge in [-0.2, -0.15) is 0 Å². The molecular weight excluding hydrogens is 396 g/mol. The van der Waals surface area contributed by atoms with Crippen molar-refractivity contribution in [2.45, 2.75) is 38.8 Å². The fourth-order valence-electron chi connectivity index (χ4n) is 5.12. The molecule has 1 aliphatic heterocycles. The van der Waals surface area contributed by atoms with Gasteiger partial charge in [-0.25, -0.2) is 4.68 Å². The van der Waals surface area contributed by atoms with E-state index in [0.717, 1.165) is 37.2 Å². The lowest BCUT2D eigenvalue weighted by Gasteiger charge is -2.36. The standard InChI is InChI=1S/C22H26N6O3/c1-13-21(14(2)31-25-13)22(29)27-10-16-7-19(20(30-3)8-17(16)11-27)28-12-18(24-26-28)15-5-4-6-23-9-15/h4-6,9,12,16-17,19-20H,7-8,10-11H2,1-3H3/t16-,17+,19-,20-/m1/s1. The molecule has 2 aliphatic rings. The number of likely N-dealkylation sites (tertiary alicyclic amines) is 1. The van der Waals surface area contributed by atoms with Crippen molar-refractivity contribution in [2.75, 3.05) is 20.2 Å². The number of rotatable bonds is 4. The van der Waals surface area contributed by atoms with Gasteiger partial charge in [0.1, 0.15) is 17.0 Å². The van der Waals surface area contributed by atoms with E-state index in [-0.39, 0.29) is 18.1 Å². The number of amides is 1. The summed E-state index contributed by atoms with van der Waals surface area (Å²) in [5.41, 5.74) is 2.98. The molecule has 1 saturated heterocycles. The van der Waals surface area contributed by atoms with Gasteiger partial charge in [0.25, 0.3) is 5.91 Å². The molecule has 31 heavy (non-hydrogen) atoms. The molecule has 1 amide bonds. The van der Waals surface area contributed by atoms with Gasteiger partial charge in [-0.15, -0.1) is 5.10 Å². The van der Waals surface area contributed by atoms with Crippen LogP contribution < -0.4 is 0 Å². The molecule has 3 aromatic heterocycles. The molecule has 9 heteroatoms. The lowest BCUT2D eigenvalue weighted by atomic mass is 9.77. The molecule has 4 atom stereocenters. The van der Waals surface area contributed by atoms with Gasteiger partial charge in [-0.05, 0) is 50.7 Å². The van der Waals surface area contributed by atoms with E-state index in [1.54, 1.807) is 26.4 Å². The topological polar surface area (TPSA) is 99.2 Å². The van der Waals surface area contributed by atoms with Crippen LogP contribution in [0.15, 0.2) is 35.2 Å². The van der Waals surface area contributed by atoms with Gasteiger partial charge >= 0.3 is 0 Å². The van der Waals surface area contributed by atoms with Crippen LogP contribution in [-0.2, 0) is 4.74 Å². The minimum atomic E-state index is 0.00999. The van der Waals surface area contributed by atoms with Gasteiger partial charge in [-0.3, -0.25) is 9.78 Å². The maximum Gasteiger partial charge on any atom is 0.259 e. The summed E-state index contributed by atoms with van der Waals surface area (Å²) < 4.78 is 13.0. The number of fused-ring (bicyclic) bond motifs is 1. The van der Waals surface area contributed by atoms with Gasteiger partial charge < -0.3 is 14.2 Å². The molecule has 1 saturated carbocycles. The Hall–Kier alpha value is -3.07. The Bertz CT molecular complexity index is 1060. The van der Waals surface area contributed by atoms with Crippen molar-refractivity contribution in [3.05, 3.63) is 47.7 Å². The van der Waals surface area contributed by atoms with E-state index >= 15 is 0 Å². The molecule has 0 unspecified atom stereocenters. The Morgan fingerprint density at radius 2 is 2.03 bits per heavy atom. The fourth-order valence-corrected chi connectivity index (χ4v) is 5.12. The third kappa shape index (κ3) is 3.52. The second kappa shape index (κ2) is 7.88. The smallest absolute Gasteiger partial charge is 0.259 e. The first-order valence-corrected chi connectivity index (χ1v) is 10.6. The Balaban J connectivity index is 1.34. The zero-order chi connectivity index (χ0) is 21.5. The van der Waals surface area contributed by atoms with Crippen molar-refractivity contribution in [1.82, 2.24) is 30.0 Å². The predicted molar refractivity (Wildman–Crippen MR) is 111 cm³/mol. The average molecular weight is 422 g/mol. The van der Waals surface area contributed by atoms with Crippen molar-refractivity contribution < 1.29 is 14.1 Å². The van der Waals surface area contributed by atoms with E-state index in [1.807, 2.05) is 34.8 Å². The zero-order valence-corrected chi connectivity index (χ0v) is 17.9. The van der Waals surface area contributed by atoms with Crippen LogP contribution in [0.2, 0.25) is 0 Å². The number of nitrogens with zero attached hydrogens (tertiary/aromatic N) is 6. The second-order valence-electron chi connectivity index (χ2n) is 8.57. The lowest BCUT2D eigenvalue weighted by molar-refractivity contribution is -0.00545. The van der Waals surface area contributed by atoms with Crippen molar-refractivity contribution in [2.24, 2.45) is 11.8 Å². The fraction of sp³-hybridized carbons (Fsp3) is 0.500. The molecule has 0 bridgehead atoms. The first kappa shape index (κ1) is 19.9. The SMILES string of the molecule is CO[C@@H]1C[C@H]2CN(C(=O)c3c(C)noc3C)C[C@H]2C[C@H]1n1cc(-c2cccnc2)nn1. The van der Waals surface area contributed by atoms with Crippen LogP contribution in [0.5, 0.6) is 0 Å². The summed E-state index contributed by atoms with van der Waals surface area (Å²) in [7, 11) is 1.75. The number of aryl methyl sites for hydroxylation is 2. The van der Waals surface area contributed by atoms with Gasteiger partial charge in [0.15, 0.2) is 0 Å². The summed E-state index contributed by atoms with van der Waals surface area (Å²) in [6, 6.07) is 3.94. The van der Waals surface area contributed by atoms with Crippen molar-refractivity contribution >= 4 is 5.91 Å². The highest BCUT2D eigenvalue weighted by Gasteiger charge is 2.45. The van der Waals surface area contributed by atoms with E-state index in [2.05, 4.69) is 20.5 Å². The van der Waals surface area contributed by atoms with Crippen LogP contribution in [0.4, 0.5) is 0 Å². The summed E-state index contributed by atoms with van der Waals surface area (Å²) >= 11 is 0. The second-order valence-corrected chi connectivity index (χ2v) is 8.57. The average Bonchev–Trinajstić information content (AvgIpc) is 3.51. The maximum absolute atomic E-state index is 13.1. The summed E-state index contributed by atoms with van der Waals surface area (Å²) in [4.78, 5) is 19.2. The number of aromatic nitrogens is 5. The third-order valence-electron chi connectivity index (χ3n) is 6.73. The highest BCUT2D eigenvalue weighted by atomic mass is 16.5. The molecule has 0 spiro atoms. The number of hydrogen-bond donors (Lipinski definition) is 0. The molecule has 1 aliphatic carbocycles. The Morgan fingerprint density at radius 3 is 2.71 bits per heavy atom. The van der Waals surface area contributed by atoms with Gasteiger partial charge in [0.2, 0.25) is 0 Å². The number of pyridine rings is 1. The highest BCUT2D eigenvalue weighted by molar-refractivity contribution is 5.96. The third-order valence-corrected chi connectivity index (χ3v) is 6.73. The van der Waals surface area contributed by atoms with E-state index in [0.29, 0.717) is 28.9 Å². The van der Waals surface area contributed by atoms with Crippen molar-refractivity contribution in [3.8, 4) is 11.3 Å². The highest BCUT2D eigenvalue weighted by Crippen LogP contribution is 2.42. The van der Waals surface area contributed by atoms with Crippen LogP contribution in [0.3, 0.4) is 0 Å². The van der Waals surface area contributed by atoms with Crippen molar-refractivity contribution in [1.29, 1.82) is 0 Å². The largest absolute Gasteiger partial charge is 0.379 e. The van der Waals surface area contributed by atoms with E-state index < -0.39 is 0 Å². The van der Waals surface area contributed by atoms with Crippen LogP contribution >= 0.6 is 0 Å². The quantitative estimate of drug-likeness (QED) is 0.637. The molecule has 0 radical (unpaired) electrons. The minimum absolute atomic E-state index is 0.00999. The molecule has 9 nitrogen and oxygen atoms in total. The molecule has 5 rings (SSSR count). The van der Waals surface area contributed by atoms with E-state index in [9.17, 15) is 4.79 Å². The van der Waals surface area contributed by atoms with Gasteiger partial charge in [0.05, 0.1) is 24.0 Å². The monoisotopic (exact) mass is 422 g/mol. The first-order valence-electron chi connectivity index (χ1n) is 10.6.